The molecule has 10 nitrogen and oxygen atoms in total. The fourth-order valence-electron chi connectivity index (χ4n) is 7.83. The van der Waals surface area contributed by atoms with E-state index in [9.17, 15) is 9.65 Å². The number of rotatable bonds is 5. The molecule has 1 aromatic carbocycles. The number of anilines is 2. The van der Waals surface area contributed by atoms with Crippen molar-refractivity contribution in [2.75, 3.05) is 43.4 Å². The summed E-state index contributed by atoms with van der Waals surface area (Å²) in [6.45, 7) is 4.96. The Morgan fingerprint density at radius 3 is 2.81 bits per heavy atom. The van der Waals surface area contributed by atoms with Crippen molar-refractivity contribution in [1.82, 2.24) is 25.2 Å². The Labute approximate surface area is 246 Å². The number of alkyl halides is 1. The molecule has 0 saturated carbocycles. The van der Waals surface area contributed by atoms with Crippen LogP contribution in [0.25, 0.3) is 33.1 Å². The Bertz CT molecular complexity index is 1810. The standard InChI is InChI=1S/C31H32F2N8O2/c1-16-20(25-22(33)5-6-24-26(25)21(11-34)28(35)43-24)9-23-27(36-16)29(40-13-18-3-4-19(14-40)37-18)39-30(38-23)42-15-31-7-2-8-41(31)12-17(32)10-31/h5-6,9,17-19,37H,2-4,7-8,10,12-15,35H2,1H3/t17-,18?,19?,31+/m1/s1. The lowest BCUT2D eigenvalue weighted by atomic mass is 9.95. The van der Waals surface area contributed by atoms with Crippen LogP contribution >= 0.6 is 0 Å². The number of aromatic nitrogens is 3. The minimum absolute atomic E-state index is 0.0628. The van der Waals surface area contributed by atoms with Crippen molar-refractivity contribution in [3.63, 3.8) is 0 Å². The maximum Gasteiger partial charge on any atom is 0.319 e. The molecule has 0 aliphatic carbocycles. The SMILES string of the molecule is Cc1nc2c(N3CC4CCC(C3)N4)nc(OC[C@@]34CCCN3C[C@H](F)C4)nc2cc1-c1c(F)ccc2oc(N)c(C#N)c12. The maximum atomic E-state index is 15.6. The molecule has 3 aromatic heterocycles. The third kappa shape index (κ3) is 4.20. The first-order valence-electron chi connectivity index (χ1n) is 14.9. The number of fused-ring (bicyclic) bond motifs is 5. The van der Waals surface area contributed by atoms with Gasteiger partial charge in [-0.2, -0.15) is 15.2 Å². The smallest absolute Gasteiger partial charge is 0.319 e. The van der Waals surface area contributed by atoms with Gasteiger partial charge in [0.25, 0.3) is 0 Å². The number of furan rings is 1. The van der Waals surface area contributed by atoms with Gasteiger partial charge < -0.3 is 25.1 Å². The summed E-state index contributed by atoms with van der Waals surface area (Å²) in [5.74, 6) is 0.0839. The number of nitrogens with zero attached hydrogens (tertiary/aromatic N) is 6. The second-order valence-corrected chi connectivity index (χ2v) is 12.5. The van der Waals surface area contributed by atoms with Crippen LogP contribution in [0.1, 0.15) is 43.4 Å². The zero-order chi connectivity index (χ0) is 29.5. The number of aryl methyl sites for hydroxylation is 1. The average Bonchev–Trinajstić information content (AvgIpc) is 3.71. The molecule has 0 amide bonds. The molecule has 2 unspecified atom stereocenters. The number of nitrogen functional groups attached to an aromatic ring is 1. The summed E-state index contributed by atoms with van der Waals surface area (Å²) < 4.78 is 41.9. The van der Waals surface area contributed by atoms with Gasteiger partial charge in [0.05, 0.1) is 16.4 Å². The summed E-state index contributed by atoms with van der Waals surface area (Å²) in [7, 11) is 0. The highest BCUT2D eigenvalue weighted by atomic mass is 19.1. The van der Waals surface area contributed by atoms with E-state index in [2.05, 4.69) is 21.2 Å². The lowest BCUT2D eigenvalue weighted by Gasteiger charge is -2.34. The van der Waals surface area contributed by atoms with Gasteiger partial charge in [0.15, 0.2) is 5.82 Å². The number of nitriles is 1. The molecule has 12 heteroatoms. The van der Waals surface area contributed by atoms with Crippen LogP contribution in [0.2, 0.25) is 0 Å². The quantitative estimate of drug-likeness (QED) is 0.350. The normalized spacial score (nSPS) is 26.8. The van der Waals surface area contributed by atoms with Crippen molar-refractivity contribution in [2.24, 2.45) is 0 Å². The van der Waals surface area contributed by atoms with Crippen molar-refractivity contribution in [2.45, 2.75) is 62.8 Å². The van der Waals surface area contributed by atoms with Gasteiger partial charge >= 0.3 is 6.01 Å². The fraction of sp³-hybridized carbons (Fsp3) is 0.484. The molecule has 4 aliphatic heterocycles. The minimum Gasteiger partial charge on any atom is -0.461 e. The molecule has 4 atom stereocenters. The predicted octanol–water partition coefficient (Wildman–Crippen LogP) is 4.24. The van der Waals surface area contributed by atoms with E-state index in [0.717, 1.165) is 45.3 Å². The number of ether oxygens (including phenoxy) is 1. The van der Waals surface area contributed by atoms with E-state index in [1.54, 1.807) is 13.0 Å². The van der Waals surface area contributed by atoms with Crippen LogP contribution in [0.15, 0.2) is 22.6 Å². The number of halogens is 2. The number of hydrogen-bond donors (Lipinski definition) is 2. The number of nitrogens with one attached hydrogen (secondary N) is 1. The molecule has 222 valence electrons. The molecule has 0 radical (unpaired) electrons. The number of nitrogens with two attached hydrogens (primary N) is 1. The van der Waals surface area contributed by atoms with Crippen LogP contribution < -0.4 is 20.7 Å². The first kappa shape index (κ1) is 26.5. The predicted molar refractivity (Wildman–Crippen MR) is 157 cm³/mol. The Kier molecular flexibility index (Phi) is 6.00. The molecule has 4 aliphatic rings. The molecule has 2 bridgehead atoms. The molecule has 3 N–H and O–H groups in total. The Hall–Kier alpha value is -4.08. The van der Waals surface area contributed by atoms with Crippen molar-refractivity contribution in [1.29, 1.82) is 5.26 Å². The molecule has 4 fully saturated rings. The Morgan fingerprint density at radius 1 is 1.21 bits per heavy atom. The van der Waals surface area contributed by atoms with Crippen molar-refractivity contribution < 1.29 is 17.9 Å². The van der Waals surface area contributed by atoms with E-state index in [0.29, 0.717) is 70.7 Å². The maximum absolute atomic E-state index is 15.6. The van der Waals surface area contributed by atoms with Gasteiger partial charge in [-0.15, -0.1) is 0 Å². The summed E-state index contributed by atoms with van der Waals surface area (Å²) in [4.78, 5) is 19.0. The van der Waals surface area contributed by atoms with Crippen LogP contribution in [-0.4, -0.2) is 76.4 Å². The fourth-order valence-corrected chi connectivity index (χ4v) is 7.83. The molecule has 4 saturated heterocycles. The molecule has 0 spiro atoms. The minimum atomic E-state index is -0.865. The highest BCUT2D eigenvalue weighted by molar-refractivity contribution is 6.03. The zero-order valence-electron chi connectivity index (χ0n) is 23.9. The van der Waals surface area contributed by atoms with Gasteiger partial charge in [-0.3, -0.25) is 4.90 Å². The summed E-state index contributed by atoms with van der Waals surface area (Å²) >= 11 is 0. The topological polar surface area (TPSA) is 129 Å². The van der Waals surface area contributed by atoms with Crippen molar-refractivity contribution in [3.05, 3.63) is 35.3 Å². The van der Waals surface area contributed by atoms with Gasteiger partial charge in [0, 0.05) is 55.0 Å². The second-order valence-electron chi connectivity index (χ2n) is 12.5. The van der Waals surface area contributed by atoms with Gasteiger partial charge in [-0.05, 0) is 57.4 Å². The molecule has 4 aromatic rings. The number of benzene rings is 1. The molecular formula is C31H32F2N8O2. The number of piperazine rings is 1. The summed E-state index contributed by atoms with van der Waals surface area (Å²) in [6.07, 6.45) is 3.67. The first-order chi connectivity index (χ1) is 20.8. The average molecular weight is 587 g/mol. The summed E-state index contributed by atoms with van der Waals surface area (Å²) in [5, 5.41) is 13.8. The monoisotopic (exact) mass is 586 g/mol. The van der Waals surface area contributed by atoms with Gasteiger partial charge in [0.2, 0.25) is 5.88 Å². The largest absolute Gasteiger partial charge is 0.461 e. The zero-order valence-corrected chi connectivity index (χ0v) is 23.9. The van der Waals surface area contributed by atoms with Crippen molar-refractivity contribution >= 4 is 33.7 Å². The van der Waals surface area contributed by atoms with E-state index in [4.69, 9.17) is 29.8 Å². The Balaban J connectivity index is 1.27. The highest BCUT2D eigenvalue weighted by Gasteiger charge is 2.49. The van der Waals surface area contributed by atoms with Crippen LogP contribution in [0.4, 0.5) is 20.5 Å². The van der Waals surface area contributed by atoms with Crippen LogP contribution in [0.3, 0.4) is 0 Å². The number of hydrogen-bond acceptors (Lipinski definition) is 10. The molecule has 7 heterocycles. The second kappa shape index (κ2) is 9.72. The third-order valence-corrected chi connectivity index (χ3v) is 9.78. The number of pyridine rings is 1. The molecule has 43 heavy (non-hydrogen) atoms. The molecule has 8 rings (SSSR count). The highest BCUT2D eigenvalue weighted by Crippen LogP contribution is 2.42. The van der Waals surface area contributed by atoms with Gasteiger partial charge in [-0.1, -0.05) is 0 Å². The summed E-state index contributed by atoms with van der Waals surface area (Å²) in [6, 6.07) is 7.52. The van der Waals surface area contributed by atoms with Crippen LogP contribution in [-0.2, 0) is 0 Å². The lowest BCUT2D eigenvalue weighted by molar-refractivity contribution is 0.107. The Morgan fingerprint density at radius 2 is 2.02 bits per heavy atom. The van der Waals surface area contributed by atoms with Crippen molar-refractivity contribution in [3.8, 4) is 23.2 Å². The van der Waals surface area contributed by atoms with E-state index in [1.165, 1.54) is 12.1 Å². The van der Waals surface area contributed by atoms with E-state index < -0.39 is 12.0 Å². The summed E-state index contributed by atoms with van der Waals surface area (Å²) in [5.41, 5.74) is 8.32. The first-order valence-corrected chi connectivity index (χ1v) is 14.9. The van der Waals surface area contributed by atoms with Gasteiger partial charge in [0.1, 0.15) is 41.3 Å². The van der Waals surface area contributed by atoms with Crippen LogP contribution in [0.5, 0.6) is 6.01 Å². The van der Waals surface area contributed by atoms with Crippen LogP contribution in [0, 0.1) is 24.1 Å². The molecular weight excluding hydrogens is 554 g/mol. The van der Waals surface area contributed by atoms with E-state index in [1.807, 2.05) is 0 Å². The lowest BCUT2D eigenvalue weighted by Crippen LogP contribution is -2.51. The van der Waals surface area contributed by atoms with E-state index in [-0.39, 0.29) is 28.6 Å². The van der Waals surface area contributed by atoms with Gasteiger partial charge in [-0.25, -0.2) is 13.8 Å². The third-order valence-electron chi connectivity index (χ3n) is 9.78. The van der Waals surface area contributed by atoms with E-state index >= 15 is 4.39 Å².